The molecule has 3 aromatic heterocycles. The Hall–Kier alpha value is -3.73. The third-order valence-corrected chi connectivity index (χ3v) is 4.94. The number of pyridine rings is 2. The molecule has 0 spiro atoms. The van der Waals surface area contributed by atoms with Crippen LogP contribution in [0.1, 0.15) is 45.4 Å². The van der Waals surface area contributed by atoms with Crippen molar-refractivity contribution in [3.05, 3.63) is 84.2 Å². The second-order valence-corrected chi connectivity index (χ2v) is 7.15. The zero-order valence-electron chi connectivity index (χ0n) is 19.5. The van der Waals surface area contributed by atoms with Crippen LogP contribution < -0.4 is 5.73 Å². The molecule has 0 aliphatic carbocycles. The molecular formula is C27H31N5. The van der Waals surface area contributed by atoms with E-state index in [1.807, 2.05) is 51.1 Å². The van der Waals surface area contributed by atoms with Gasteiger partial charge < -0.3 is 5.73 Å². The molecular weight excluding hydrogens is 394 g/mol. The van der Waals surface area contributed by atoms with Gasteiger partial charge in [-0.3, -0.25) is 4.57 Å². The van der Waals surface area contributed by atoms with E-state index in [2.05, 4.69) is 59.8 Å². The molecule has 0 radical (unpaired) electrons. The number of hydrogen-bond acceptors (Lipinski definition) is 4. The van der Waals surface area contributed by atoms with E-state index < -0.39 is 0 Å². The molecule has 0 aliphatic rings. The van der Waals surface area contributed by atoms with Crippen LogP contribution in [0.4, 0.5) is 5.82 Å². The normalized spacial score (nSPS) is 11.6. The molecule has 0 amide bonds. The first kappa shape index (κ1) is 22.9. The zero-order valence-corrected chi connectivity index (χ0v) is 19.5. The standard InChI is InChI=1S/C25H25N5.C2H6/c1-4-7-18(8-5-2)21-14-15-22-25(28-21)30(19-12-10-17(3)11-13-19)24(29-22)20-9-6-16-27-23(20)26;1-2/h4,6-16H,5H2,1-3H3,(H2,26,27);1-2H3/b7-4-,18-8+;. The number of hydrogen-bond donors (Lipinski definition) is 1. The molecule has 1 aromatic carbocycles. The molecule has 0 saturated heterocycles. The molecule has 32 heavy (non-hydrogen) atoms. The Balaban J connectivity index is 0.00000141. The lowest BCUT2D eigenvalue weighted by molar-refractivity contribution is 1.07. The van der Waals surface area contributed by atoms with Gasteiger partial charge in [-0.25, -0.2) is 15.0 Å². The largest absolute Gasteiger partial charge is 0.383 e. The summed E-state index contributed by atoms with van der Waals surface area (Å²) in [6, 6.07) is 16.2. The van der Waals surface area contributed by atoms with E-state index in [-0.39, 0.29) is 0 Å². The summed E-state index contributed by atoms with van der Waals surface area (Å²) in [6.07, 6.45) is 8.93. The molecule has 3 heterocycles. The highest BCUT2D eigenvalue weighted by Gasteiger charge is 2.18. The number of nitrogens with zero attached hydrogens (tertiary/aromatic N) is 4. The van der Waals surface area contributed by atoms with Crippen LogP contribution in [0, 0.1) is 6.92 Å². The lowest BCUT2D eigenvalue weighted by atomic mass is 10.1. The van der Waals surface area contributed by atoms with Gasteiger partial charge in [0.1, 0.15) is 11.3 Å². The molecule has 2 N–H and O–H groups in total. The van der Waals surface area contributed by atoms with E-state index in [0.717, 1.165) is 45.9 Å². The highest BCUT2D eigenvalue weighted by molar-refractivity contribution is 5.85. The minimum absolute atomic E-state index is 0.446. The quantitative estimate of drug-likeness (QED) is 0.358. The van der Waals surface area contributed by atoms with Gasteiger partial charge in [-0.1, -0.05) is 56.7 Å². The molecule has 0 atom stereocenters. The summed E-state index contributed by atoms with van der Waals surface area (Å²) in [5, 5.41) is 0. The monoisotopic (exact) mass is 425 g/mol. The van der Waals surface area contributed by atoms with E-state index in [4.69, 9.17) is 15.7 Å². The highest BCUT2D eigenvalue weighted by Crippen LogP contribution is 2.31. The number of fused-ring (bicyclic) bond motifs is 1. The van der Waals surface area contributed by atoms with Crippen LogP contribution in [0.5, 0.6) is 0 Å². The van der Waals surface area contributed by atoms with Crippen molar-refractivity contribution in [3.63, 3.8) is 0 Å². The number of allylic oxidation sites excluding steroid dienone is 4. The summed E-state index contributed by atoms with van der Waals surface area (Å²) in [6.45, 7) is 10.2. The Morgan fingerprint density at radius 3 is 2.44 bits per heavy atom. The second-order valence-electron chi connectivity index (χ2n) is 7.15. The average molecular weight is 426 g/mol. The summed E-state index contributed by atoms with van der Waals surface area (Å²) in [7, 11) is 0. The fourth-order valence-electron chi connectivity index (χ4n) is 3.50. The number of rotatable bonds is 5. The Bertz CT molecular complexity index is 1250. The number of nitrogens with two attached hydrogens (primary N) is 1. The van der Waals surface area contributed by atoms with Gasteiger partial charge in [0.05, 0.1) is 11.3 Å². The predicted molar refractivity (Wildman–Crippen MR) is 136 cm³/mol. The fraction of sp³-hybridized carbons (Fsp3) is 0.222. The number of aromatic nitrogens is 4. The van der Waals surface area contributed by atoms with Crippen LogP contribution in [-0.2, 0) is 0 Å². The summed E-state index contributed by atoms with van der Waals surface area (Å²) in [5.41, 5.74) is 12.8. The lowest BCUT2D eigenvalue weighted by Crippen LogP contribution is -2.02. The van der Waals surface area contributed by atoms with Crippen molar-refractivity contribution in [2.75, 3.05) is 5.73 Å². The van der Waals surface area contributed by atoms with Crippen LogP contribution in [-0.4, -0.2) is 19.5 Å². The first-order chi connectivity index (χ1) is 15.6. The number of anilines is 1. The SMILES string of the molecule is C/C=C\C(=C/CC)c1ccc2nc(-c3cccnc3N)n(-c3ccc(C)cc3)c2n1.CC. The minimum atomic E-state index is 0.446. The van der Waals surface area contributed by atoms with Crippen LogP contribution in [0.15, 0.2) is 73.0 Å². The maximum Gasteiger partial charge on any atom is 0.165 e. The van der Waals surface area contributed by atoms with E-state index >= 15 is 0 Å². The van der Waals surface area contributed by atoms with Gasteiger partial charge in [-0.15, -0.1) is 0 Å². The Kier molecular flexibility index (Phi) is 7.55. The third-order valence-electron chi connectivity index (χ3n) is 4.94. The molecule has 5 nitrogen and oxygen atoms in total. The third kappa shape index (κ3) is 4.62. The van der Waals surface area contributed by atoms with Crippen molar-refractivity contribution < 1.29 is 0 Å². The van der Waals surface area contributed by atoms with E-state index in [1.54, 1.807) is 6.20 Å². The molecule has 0 fully saturated rings. The van der Waals surface area contributed by atoms with Crippen molar-refractivity contribution in [2.24, 2.45) is 0 Å². The molecule has 4 rings (SSSR count). The predicted octanol–water partition coefficient (Wildman–Crippen LogP) is 6.77. The van der Waals surface area contributed by atoms with Gasteiger partial charge in [0, 0.05) is 11.9 Å². The summed E-state index contributed by atoms with van der Waals surface area (Å²) in [4.78, 5) is 14.1. The Morgan fingerprint density at radius 1 is 1.03 bits per heavy atom. The van der Waals surface area contributed by atoms with E-state index in [0.29, 0.717) is 5.82 Å². The first-order valence-corrected chi connectivity index (χ1v) is 11.1. The minimum Gasteiger partial charge on any atom is -0.383 e. The number of nitrogen functional groups attached to an aromatic ring is 1. The molecule has 0 saturated carbocycles. The van der Waals surface area contributed by atoms with E-state index in [9.17, 15) is 0 Å². The van der Waals surface area contributed by atoms with Crippen molar-refractivity contribution in [1.29, 1.82) is 0 Å². The molecule has 4 aromatic rings. The molecule has 5 heteroatoms. The average Bonchev–Trinajstić information content (AvgIpc) is 3.19. The highest BCUT2D eigenvalue weighted by atomic mass is 15.1. The second kappa shape index (κ2) is 10.5. The van der Waals surface area contributed by atoms with E-state index in [1.165, 1.54) is 5.56 Å². The smallest absolute Gasteiger partial charge is 0.165 e. The summed E-state index contributed by atoms with van der Waals surface area (Å²) < 4.78 is 2.06. The van der Waals surface area contributed by atoms with Crippen molar-refractivity contribution in [2.45, 2.75) is 41.0 Å². The summed E-state index contributed by atoms with van der Waals surface area (Å²) in [5.74, 6) is 1.18. The van der Waals surface area contributed by atoms with Crippen molar-refractivity contribution in [1.82, 2.24) is 19.5 Å². The van der Waals surface area contributed by atoms with Gasteiger partial charge in [0.2, 0.25) is 0 Å². The lowest BCUT2D eigenvalue weighted by Gasteiger charge is -2.11. The van der Waals surface area contributed by atoms with Crippen molar-refractivity contribution in [3.8, 4) is 17.1 Å². The number of aryl methyl sites for hydroxylation is 1. The van der Waals surface area contributed by atoms with Gasteiger partial charge in [0.15, 0.2) is 11.5 Å². The van der Waals surface area contributed by atoms with Gasteiger partial charge >= 0.3 is 0 Å². The molecule has 0 unspecified atom stereocenters. The molecule has 0 bridgehead atoms. The zero-order chi connectivity index (χ0) is 23.1. The number of benzene rings is 1. The maximum absolute atomic E-state index is 6.20. The van der Waals surface area contributed by atoms with Crippen molar-refractivity contribution >= 4 is 22.6 Å². The van der Waals surface area contributed by atoms with Crippen LogP contribution in [0.3, 0.4) is 0 Å². The summed E-state index contributed by atoms with van der Waals surface area (Å²) >= 11 is 0. The van der Waals surface area contributed by atoms with Gasteiger partial charge in [-0.05, 0) is 62.2 Å². The molecule has 0 aliphatic heterocycles. The van der Waals surface area contributed by atoms with Gasteiger partial charge in [0.25, 0.3) is 0 Å². The van der Waals surface area contributed by atoms with Crippen LogP contribution in [0.25, 0.3) is 33.8 Å². The number of imidazole rings is 1. The Morgan fingerprint density at radius 2 is 1.78 bits per heavy atom. The fourth-order valence-corrected chi connectivity index (χ4v) is 3.50. The van der Waals surface area contributed by atoms with Gasteiger partial charge in [-0.2, -0.15) is 0 Å². The van der Waals surface area contributed by atoms with Crippen LogP contribution >= 0.6 is 0 Å². The maximum atomic E-state index is 6.20. The van der Waals surface area contributed by atoms with Crippen LogP contribution in [0.2, 0.25) is 0 Å². The molecule has 164 valence electrons. The topological polar surface area (TPSA) is 69.6 Å². The Labute approximate surface area is 190 Å². The first-order valence-electron chi connectivity index (χ1n) is 11.1.